The van der Waals surface area contributed by atoms with Gasteiger partial charge in [0, 0.05) is 18.7 Å². The SMILES string of the molecule is CC1CC(C(=O)O)CN(C(=O)c2ccc(F)c(C(F)(F)F)c2)C1. The van der Waals surface area contributed by atoms with Crippen LogP contribution in [0.25, 0.3) is 0 Å². The van der Waals surface area contributed by atoms with E-state index in [9.17, 15) is 27.2 Å². The molecule has 1 aliphatic heterocycles. The Morgan fingerprint density at radius 2 is 1.91 bits per heavy atom. The number of nitrogens with zero attached hydrogens (tertiary/aromatic N) is 1. The number of alkyl halides is 3. The van der Waals surface area contributed by atoms with Gasteiger partial charge in [0.1, 0.15) is 5.82 Å². The molecule has 0 aliphatic carbocycles. The third-order valence-electron chi connectivity index (χ3n) is 3.81. The second-order valence-electron chi connectivity index (χ2n) is 5.78. The molecule has 1 N–H and O–H groups in total. The van der Waals surface area contributed by atoms with E-state index in [1.807, 2.05) is 0 Å². The van der Waals surface area contributed by atoms with E-state index in [1.54, 1.807) is 6.92 Å². The van der Waals surface area contributed by atoms with Crippen LogP contribution in [0.1, 0.15) is 29.3 Å². The van der Waals surface area contributed by atoms with Gasteiger partial charge in [-0.05, 0) is 30.5 Å². The van der Waals surface area contributed by atoms with Crippen molar-refractivity contribution >= 4 is 11.9 Å². The minimum absolute atomic E-state index is 0.0722. The van der Waals surface area contributed by atoms with Crippen molar-refractivity contribution in [1.29, 1.82) is 0 Å². The summed E-state index contributed by atoms with van der Waals surface area (Å²) in [4.78, 5) is 24.7. The second-order valence-corrected chi connectivity index (χ2v) is 5.78. The van der Waals surface area contributed by atoms with Crippen LogP contribution in [0.15, 0.2) is 18.2 Å². The minimum Gasteiger partial charge on any atom is -0.481 e. The summed E-state index contributed by atoms with van der Waals surface area (Å²) in [6.45, 7) is 1.94. The molecular weight excluding hydrogens is 318 g/mol. The predicted octanol–water partition coefficient (Wildman–Crippen LogP) is 3.03. The highest BCUT2D eigenvalue weighted by Gasteiger charge is 2.36. The first-order chi connectivity index (χ1) is 10.6. The van der Waals surface area contributed by atoms with E-state index in [-0.39, 0.29) is 24.6 Å². The lowest BCUT2D eigenvalue weighted by molar-refractivity contribution is -0.144. The molecule has 8 heteroatoms. The molecule has 0 aromatic heterocycles. The monoisotopic (exact) mass is 333 g/mol. The topological polar surface area (TPSA) is 57.6 Å². The molecule has 0 spiro atoms. The highest BCUT2D eigenvalue weighted by atomic mass is 19.4. The molecule has 2 rings (SSSR count). The van der Waals surface area contributed by atoms with Crippen LogP contribution < -0.4 is 0 Å². The molecule has 4 nitrogen and oxygen atoms in total. The van der Waals surface area contributed by atoms with Crippen molar-refractivity contribution in [3.8, 4) is 0 Å². The van der Waals surface area contributed by atoms with Crippen LogP contribution in [-0.2, 0) is 11.0 Å². The van der Waals surface area contributed by atoms with Gasteiger partial charge in [0.15, 0.2) is 0 Å². The summed E-state index contributed by atoms with van der Waals surface area (Å²) >= 11 is 0. The molecule has 1 saturated heterocycles. The number of carboxylic acid groups (broad SMARTS) is 1. The molecule has 1 aromatic rings. The van der Waals surface area contributed by atoms with Crippen LogP contribution in [0.3, 0.4) is 0 Å². The van der Waals surface area contributed by atoms with Gasteiger partial charge in [-0.2, -0.15) is 13.2 Å². The minimum atomic E-state index is -4.90. The van der Waals surface area contributed by atoms with E-state index in [4.69, 9.17) is 5.11 Å². The molecule has 1 aliphatic rings. The zero-order valence-electron chi connectivity index (χ0n) is 12.2. The summed E-state index contributed by atoms with van der Waals surface area (Å²) in [5.74, 6) is -4.08. The Balaban J connectivity index is 2.28. The van der Waals surface area contributed by atoms with Crippen LogP contribution in [0.4, 0.5) is 17.6 Å². The average Bonchev–Trinajstić information content (AvgIpc) is 2.45. The molecule has 2 unspecified atom stereocenters. The maximum Gasteiger partial charge on any atom is 0.419 e. The van der Waals surface area contributed by atoms with Crippen molar-refractivity contribution in [2.24, 2.45) is 11.8 Å². The number of carboxylic acids is 1. The summed E-state index contributed by atoms with van der Waals surface area (Å²) in [6.07, 6.45) is -4.50. The summed E-state index contributed by atoms with van der Waals surface area (Å²) in [6, 6.07) is 2.03. The zero-order chi connectivity index (χ0) is 17.4. The van der Waals surface area contributed by atoms with Crippen LogP contribution in [0, 0.1) is 17.7 Å². The average molecular weight is 333 g/mol. The maximum atomic E-state index is 13.3. The summed E-state index contributed by atoms with van der Waals surface area (Å²) in [7, 11) is 0. The summed E-state index contributed by atoms with van der Waals surface area (Å²) in [5, 5.41) is 9.08. The zero-order valence-corrected chi connectivity index (χ0v) is 12.2. The number of halogens is 4. The van der Waals surface area contributed by atoms with Crippen molar-refractivity contribution in [1.82, 2.24) is 4.90 Å². The van der Waals surface area contributed by atoms with Gasteiger partial charge in [0.05, 0.1) is 11.5 Å². The van der Waals surface area contributed by atoms with Gasteiger partial charge in [-0.3, -0.25) is 9.59 Å². The van der Waals surface area contributed by atoms with Crippen molar-refractivity contribution in [2.45, 2.75) is 19.5 Å². The van der Waals surface area contributed by atoms with Crippen molar-refractivity contribution in [3.05, 3.63) is 35.1 Å². The number of carbonyl (C=O) groups is 2. The molecule has 1 fully saturated rings. The first kappa shape index (κ1) is 17.2. The number of hydrogen-bond acceptors (Lipinski definition) is 2. The lowest BCUT2D eigenvalue weighted by Gasteiger charge is -2.34. The second kappa shape index (κ2) is 6.17. The first-order valence-corrected chi connectivity index (χ1v) is 6.98. The molecule has 126 valence electrons. The summed E-state index contributed by atoms with van der Waals surface area (Å²) in [5.41, 5.74) is -1.82. The molecule has 0 radical (unpaired) electrons. The number of aliphatic carboxylic acids is 1. The summed E-state index contributed by atoms with van der Waals surface area (Å²) < 4.78 is 51.4. The highest BCUT2D eigenvalue weighted by Crippen LogP contribution is 2.32. The molecule has 0 bridgehead atoms. The Kier molecular flexibility index (Phi) is 4.63. The number of piperidine rings is 1. The fraction of sp³-hybridized carbons (Fsp3) is 0.467. The van der Waals surface area contributed by atoms with E-state index in [2.05, 4.69) is 0 Å². The Bertz CT molecular complexity index is 630. The van der Waals surface area contributed by atoms with E-state index in [1.165, 1.54) is 4.90 Å². The lowest BCUT2D eigenvalue weighted by atomic mass is 9.90. The van der Waals surface area contributed by atoms with E-state index in [0.717, 1.165) is 6.07 Å². The number of amides is 1. The highest BCUT2D eigenvalue weighted by molar-refractivity contribution is 5.94. The number of hydrogen-bond donors (Lipinski definition) is 1. The van der Waals surface area contributed by atoms with Crippen LogP contribution >= 0.6 is 0 Å². The third-order valence-corrected chi connectivity index (χ3v) is 3.81. The van der Waals surface area contributed by atoms with Gasteiger partial charge >= 0.3 is 12.1 Å². The fourth-order valence-electron chi connectivity index (χ4n) is 2.75. The number of likely N-dealkylation sites (tertiary alicyclic amines) is 1. The van der Waals surface area contributed by atoms with Crippen LogP contribution in [0.5, 0.6) is 0 Å². The molecule has 0 saturated carbocycles. The van der Waals surface area contributed by atoms with Gasteiger partial charge < -0.3 is 10.0 Å². The molecule has 1 aromatic carbocycles. The standard InChI is InChI=1S/C15H15F4NO3/c1-8-4-10(14(22)23)7-20(6-8)13(21)9-2-3-12(16)11(5-9)15(17,18)19/h2-3,5,8,10H,4,6-7H2,1H3,(H,22,23). The van der Waals surface area contributed by atoms with Gasteiger partial charge in [0.25, 0.3) is 5.91 Å². The van der Waals surface area contributed by atoms with E-state index >= 15 is 0 Å². The van der Waals surface area contributed by atoms with E-state index < -0.39 is 35.4 Å². The first-order valence-electron chi connectivity index (χ1n) is 6.98. The molecule has 2 atom stereocenters. The molecular formula is C15H15F4NO3. The lowest BCUT2D eigenvalue weighted by Crippen LogP contribution is -2.45. The largest absolute Gasteiger partial charge is 0.481 e. The normalized spacial score (nSPS) is 22.0. The van der Waals surface area contributed by atoms with Gasteiger partial charge in [0.2, 0.25) is 0 Å². The van der Waals surface area contributed by atoms with Gasteiger partial charge in [-0.15, -0.1) is 0 Å². The maximum absolute atomic E-state index is 13.3. The van der Waals surface area contributed by atoms with Crippen molar-refractivity contribution in [2.75, 3.05) is 13.1 Å². The van der Waals surface area contributed by atoms with Gasteiger partial charge in [-0.1, -0.05) is 6.92 Å². The number of carbonyl (C=O) groups excluding carboxylic acids is 1. The Labute approximate surface area is 129 Å². The number of benzene rings is 1. The van der Waals surface area contributed by atoms with Crippen LogP contribution in [-0.4, -0.2) is 35.0 Å². The van der Waals surface area contributed by atoms with Crippen molar-refractivity contribution < 1.29 is 32.3 Å². The quantitative estimate of drug-likeness (QED) is 0.847. The molecule has 23 heavy (non-hydrogen) atoms. The fourth-order valence-corrected chi connectivity index (χ4v) is 2.75. The molecule has 1 heterocycles. The molecule has 1 amide bonds. The van der Waals surface area contributed by atoms with Gasteiger partial charge in [-0.25, -0.2) is 4.39 Å². The number of rotatable bonds is 2. The Morgan fingerprint density at radius 3 is 2.48 bits per heavy atom. The van der Waals surface area contributed by atoms with Crippen LogP contribution in [0.2, 0.25) is 0 Å². The Hall–Kier alpha value is -2.12. The third kappa shape index (κ3) is 3.80. The van der Waals surface area contributed by atoms with E-state index in [0.29, 0.717) is 18.6 Å². The Morgan fingerprint density at radius 1 is 1.26 bits per heavy atom. The van der Waals surface area contributed by atoms with Crippen molar-refractivity contribution in [3.63, 3.8) is 0 Å². The predicted molar refractivity (Wildman–Crippen MR) is 72.2 cm³/mol. The smallest absolute Gasteiger partial charge is 0.419 e.